The predicted molar refractivity (Wildman–Crippen MR) is 82.0 cm³/mol. The highest BCUT2D eigenvalue weighted by Crippen LogP contribution is 2.19. The number of benzene rings is 1. The molecule has 1 aromatic carbocycles. The number of hydrogen-bond donors (Lipinski definition) is 1. The van der Waals surface area contributed by atoms with E-state index in [0.717, 1.165) is 5.56 Å². The first kappa shape index (κ1) is 17.7. The summed E-state index contributed by atoms with van der Waals surface area (Å²) in [7, 11) is 0. The van der Waals surface area contributed by atoms with E-state index in [1.165, 1.54) is 12.1 Å². The molecule has 6 heteroatoms. The summed E-state index contributed by atoms with van der Waals surface area (Å²) in [5.74, 6) is -1.68. The monoisotopic (exact) mass is 307 g/mol. The third-order valence-electron chi connectivity index (χ3n) is 2.60. The number of carbonyl (C=O) groups is 3. The van der Waals surface area contributed by atoms with Crippen LogP contribution in [0.1, 0.15) is 43.6 Å². The van der Waals surface area contributed by atoms with E-state index in [9.17, 15) is 14.4 Å². The normalized spacial score (nSPS) is 10.8. The SMILES string of the molecule is CCOC(=O)C(=O)c1ccc(C)c(NC(=O)OC(C)(C)C)c1. The number of Topliss-reactive ketones (excluding diaryl/α,β-unsaturated/α-hetero) is 1. The van der Waals surface area contributed by atoms with Gasteiger partial charge in [0.1, 0.15) is 5.60 Å². The average Bonchev–Trinajstić information content (AvgIpc) is 2.38. The lowest BCUT2D eigenvalue weighted by atomic mass is 10.1. The Hall–Kier alpha value is -2.37. The fraction of sp³-hybridized carbons (Fsp3) is 0.438. The number of rotatable bonds is 4. The van der Waals surface area contributed by atoms with Gasteiger partial charge in [-0.3, -0.25) is 10.1 Å². The van der Waals surface area contributed by atoms with E-state index in [2.05, 4.69) is 10.1 Å². The smallest absolute Gasteiger partial charge is 0.412 e. The Morgan fingerprint density at radius 2 is 1.82 bits per heavy atom. The van der Waals surface area contributed by atoms with Gasteiger partial charge in [-0.2, -0.15) is 0 Å². The van der Waals surface area contributed by atoms with Gasteiger partial charge >= 0.3 is 12.1 Å². The number of amides is 1. The van der Waals surface area contributed by atoms with Gasteiger partial charge < -0.3 is 9.47 Å². The second-order valence-corrected chi connectivity index (χ2v) is 5.71. The number of aryl methyl sites for hydroxylation is 1. The molecule has 0 aromatic heterocycles. The van der Waals surface area contributed by atoms with Crippen molar-refractivity contribution in [1.29, 1.82) is 0 Å². The fourth-order valence-electron chi connectivity index (χ4n) is 1.63. The molecule has 0 saturated heterocycles. The number of carbonyl (C=O) groups excluding carboxylic acids is 3. The van der Waals surface area contributed by atoms with Crippen LogP contribution in [0, 0.1) is 6.92 Å². The highest BCUT2D eigenvalue weighted by Gasteiger charge is 2.20. The summed E-state index contributed by atoms with van der Waals surface area (Å²) in [6.45, 7) is 8.76. The van der Waals surface area contributed by atoms with Gasteiger partial charge in [0.25, 0.3) is 5.78 Å². The molecule has 0 atom stereocenters. The quantitative estimate of drug-likeness (QED) is 0.525. The van der Waals surface area contributed by atoms with Crippen LogP contribution in [-0.2, 0) is 14.3 Å². The van der Waals surface area contributed by atoms with Crippen molar-refractivity contribution in [1.82, 2.24) is 0 Å². The highest BCUT2D eigenvalue weighted by molar-refractivity contribution is 6.40. The third-order valence-corrected chi connectivity index (χ3v) is 2.60. The topological polar surface area (TPSA) is 81.7 Å². The summed E-state index contributed by atoms with van der Waals surface area (Å²) in [6.07, 6.45) is -0.628. The van der Waals surface area contributed by atoms with Gasteiger partial charge in [-0.05, 0) is 46.2 Å². The molecule has 0 spiro atoms. The number of anilines is 1. The maximum atomic E-state index is 11.9. The summed E-state index contributed by atoms with van der Waals surface area (Å²) < 4.78 is 9.83. The molecule has 22 heavy (non-hydrogen) atoms. The standard InChI is InChI=1S/C16H21NO5/c1-6-21-14(19)13(18)11-8-7-10(2)12(9-11)17-15(20)22-16(3,4)5/h7-9H,6H2,1-5H3,(H,17,20). The zero-order valence-electron chi connectivity index (χ0n) is 13.5. The summed E-state index contributed by atoms with van der Waals surface area (Å²) in [6, 6.07) is 4.58. The summed E-state index contributed by atoms with van der Waals surface area (Å²) in [5, 5.41) is 2.57. The van der Waals surface area contributed by atoms with E-state index < -0.39 is 23.4 Å². The van der Waals surface area contributed by atoms with Crippen LogP contribution < -0.4 is 5.32 Å². The van der Waals surface area contributed by atoms with E-state index in [4.69, 9.17) is 4.74 Å². The molecular weight excluding hydrogens is 286 g/mol. The van der Waals surface area contributed by atoms with E-state index >= 15 is 0 Å². The molecule has 0 aliphatic rings. The highest BCUT2D eigenvalue weighted by atomic mass is 16.6. The molecule has 0 bridgehead atoms. The Labute approximate surface area is 129 Å². The van der Waals surface area contributed by atoms with Crippen LogP contribution >= 0.6 is 0 Å². The molecular formula is C16H21NO5. The molecule has 0 aliphatic heterocycles. The zero-order valence-corrected chi connectivity index (χ0v) is 13.5. The van der Waals surface area contributed by atoms with Crippen LogP contribution in [0.15, 0.2) is 18.2 Å². The van der Waals surface area contributed by atoms with Gasteiger partial charge in [-0.25, -0.2) is 9.59 Å². The number of esters is 1. The number of ether oxygens (including phenoxy) is 2. The Morgan fingerprint density at radius 1 is 1.18 bits per heavy atom. The van der Waals surface area contributed by atoms with Gasteiger partial charge in [-0.1, -0.05) is 12.1 Å². The Kier molecular flexibility index (Phi) is 5.68. The van der Waals surface area contributed by atoms with Crippen molar-refractivity contribution in [3.8, 4) is 0 Å². The van der Waals surface area contributed by atoms with Crippen molar-refractivity contribution in [2.24, 2.45) is 0 Å². The van der Waals surface area contributed by atoms with Crippen molar-refractivity contribution in [3.63, 3.8) is 0 Å². The van der Waals surface area contributed by atoms with Crippen LogP contribution in [0.3, 0.4) is 0 Å². The predicted octanol–water partition coefficient (Wildman–Crippen LogP) is 3.09. The van der Waals surface area contributed by atoms with Crippen molar-refractivity contribution in [2.75, 3.05) is 11.9 Å². The first-order chi connectivity index (χ1) is 10.1. The fourth-order valence-corrected chi connectivity index (χ4v) is 1.63. The van der Waals surface area contributed by atoms with E-state index in [-0.39, 0.29) is 12.2 Å². The van der Waals surface area contributed by atoms with Crippen molar-refractivity contribution in [2.45, 2.75) is 40.2 Å². The second kappa shape index (κ2) is 7.06. The van der Waals surface area contributed by atoms with Crippen molar-refractivity contribution < 1.29 is 23.9 Å². The molecule has 120 valence electrons. The molecule has 6 nitrogen and oxygen atoms in total. The largest absolute Gasteiger partial charge is 0.460 e. The van der Waals surface area contributed by atoms with Crippen molar-refractivity contribution in [3.05, 3.63) is 29.3 Å². The lowest BCUT2D eigenvalue weighted by Gasteiger charge is -2.20. The zero-order chi connectivity index (χ0) is 16.9. The molecule has 0 aliphatic carbocycles. The van der Waals surface area contributed by atoms with Gasteiger partial charge in [0.15, 0.2) is 0 Å². The Balaban J connectivity index is 2.93. The molecule has 0 heterocycles. The third kappa shape index (κ3) is 5.20. The summed E-state index contributed by atoms with van der Waals surface area (Å²) in [4.78, 5) is 35.1. The van der Waals surface area contributed by atoms with Gasteiger partial charge in [0, 0.05) is 11.3 Å². The van der Waals surface area contributed by atoms with E-state index in [1.807, 2.05) is 0 Å². The van der Waals surface area contributed by atoms with Crippen LogP contribution in [0.4, 0.5) is 10.5 Å². The molecule has 1 rings (SSSR count). The van der Waals surface area contributed by atoms with Gasteiger partial charge in [0.2, 0.25) is 0 Å². The number of hydrogen-bond acceptors (Lipinski definition) is 5. The minimum absolute atomic E-state index is 0.124. The van der Waals surface area contributed by atoms with Gasteiger partial charge in [-0.15, -0.1) is 0 Å². The summed E-state index contributed by atoms with van der Waals surface area (Å²) >= 11 is 0. The number of nitrogens with one attached hydrogen (secondary N) is 1. The summed E-state index contributed by atoms with van der Waals surface area (Å²) in [5.41, 5.74) is 0.668. The maximum absolute atomic E-state index is 11.9. The van der Waals surface area contributed by atoms with E-state index in [0.29, 0.717) is 5.69 Å². The van der Waals surface area contributed by atoms with Crippen molar-refractivity contribution >= 4 is 23.5 Å². The van der Waals surface area contributed by atoms with E-state index in [1.54, 1.807) is 40.7 Å². The minimum atomic E-state index is -0.922. The first-order valence-electron chi connectivity index (χ1n) is 6.96. The Morgan fingerprint density at radius 3 is 2.36 bits per heavy atom. The second-order valence-electron chi connectivity index (χ2n) is 5.71. The molecule has 1 amide bonds. The van der Waals surface area contributed by atoms with Crippen LogP contribution in [0.5, 0.6) is 0 Å². The van der Waals surface area contributed by atoms with Crippen LogP contribution in [0.2, 0.25) is 0 Å². The van der Waals surface area contributed by atoms with Crippen LogP contribution in [-0.4, -0.2) is 30.1 Å². The molecule has 1 N–H and O–H groups in total. The van der Waals surface area contributed by atoms with Crippen LogP contribution in [0.25, 0.3) is 0 Å². The molecule has 0 radical (unpaired) electrons. The molecule has 0 fully saturated rings. The molecule has 0 unspecified atom stereocenters. The Bertz CT molecular complexity index is 587. The lowest BCUT2D eigenvalue weighted by Crippen LogP contribution is -2.27. The molecule has 0 saturated carbocycles. The number of ketones is 1. The maximum Gasteiger partial charge on any atom is 0.412 e. The lowest BCUT2D eigenvalue weighted by molar-refractivity contribution is -0.137. The minimum Gasteiger partial charge on any atom is -0.460 e. The van der Waals surface area contributed by atoms with Gasteiger partial charge in [0.05, 0.1) is 6.61 Å². The molecule has 1 aromatic rings. The average molecular weight is 307 g/mol. The first-order valence-corrected chi connectivity index (χ1v) is 6.96.